The second kappa shape index (κ2) is 9.03. The maximum Gasteiger partial charge on any atom is 0.409 e. The number of amides is 1. The largest absolute Gasteiger partial charge is 0.450 e. The molecule has 6 nitrogen and oxygen atoms in total. The van der Waals surface area contributed by atoms with E-state index >= 15 is 0 Å². The lowest BCUT2D eigenvalue weighted by Crippen LogP contribution is -2.47. The molecule has 24 heavy (non-hydrogen) atoms. The van der Waals surface area contributed by atoms with E-state index in [1.165, 1.54) is 0 Å². The fraction of sp³-hybridized carbons (Fsp3) is 0.588. The highest BCUT2D eigenvalue weighted by atomic mass is 32.2. The van der Waals surface area contributed by atoms with Gasteiger partial charge in [0.1, 0.15) is 0 Å². The van der Waals surface area contributed by atoms with E-state index in [1.807, 2.05) is 30.3 Å². The highest BCUT2D eigenvalue weighted by molar-refractivity contribution is 7.89. The number of hydrogen-bond acceptors (Lipinski definition) is 4. The Bertz CT molecular complexity index is 611. The molecule has 134 valence electrons. The minimum absolute atomic E-state index is 0.0996. The van der Waals surface area contributed by atoms with E-state index in [2.05, 4.69) is 4.72 Å². The smallest absolute Gasteiger partial charge is 0.409 e. The van der Waals surface area contributed by atoms with E-state index < -0.39 is 10.0 Å². The van der Waals surface area contributed by atoms with Crippen LogP contribution < -0.4 is 4.72 Å². The third-order valence-corrected chi connectivity index (χ3v) is 5.61. The number of benzene rings is 1. The van der Waals surface area contributed by atoms with Crippen molar-refractivity contribution < 1.29 is 17.9 Å². The molecule has 1 aliphatic rings. The predicted octanol–water partition coefficient (Wildman–Crippen LogP) is 2.16. The maximum atomic E-state index is 12.2. The molecular formula is C17H26N2O4S. The molecule has 1 aromatic rings. The normalized spacial score (nSPS) is 16.1. The quantitative estimate of drug-likeness (QED) is 0.814. The summed E-state index contributed by atoms with van der Waals surface area (Å²) in [4.78, 5) is 13.3. The molecule has 1 saturated heterocycles. The van der Waals surface area contributed by atoms with Crippen LogP contribution in [-0.2, 0) is 21.2 Å². The van der Waals surface area contributed by atoms with Gasteiger partial charge in [-0.15, -0.1) is 0 Å². The number of aryl methyl sites for hydroxylation is 1. The molecule has 0 atom stereocenters. The summed E-state index contributed by atoms with van der Waals surface area (Å²) in [5.74, 6) is 0.125. The van der Waals surface area contributed by atoms with Gasteiger partial charge in [0.25, 0.3) is 0 Å². The molecule has 0 aliphatic carbocycles. The third-order valence-electron chi connectivity index (χ3n) is 4.09. The van der Waals surface area contributed by atoms with Crippen molar-refractivity contribution >= 4 is 16.1 Å². The number of hydrogen-bond donors (Lipinski definition) is 1. The van der Waals surface area contributed by atoms with Crippen LogP contribution in [-0.4, -0.2) is 50.9 Å². The average Bonchev–Trinajstić information content (AvgIpc) is 2.56. The van der Waals surface area contributed by atoms with Crippen molar-refractivity contribution in [2.24, 2.45) is 0 Å². The molecule has 1 amide bonds. The van der Waals surface area contributed by atoms with Gasteiger partial charge < -0.3 is 9.64 Å². The minimum Gasteiger partial charge on any atom is -0.450 e. The molecule has 0 radical (unpaired) electrons. The molecule has 0 unspecified atom stereocenters. The summed E-state index contributed by atoms with van der Waals surface area (Å²) in [6.07, 6.45) is 2.28. The first-order chi connectivity index (χ1) is 11.5. The van der Waals surface area contributed by atoms with Crippen LogP contribution in [0.2, 0.25) is 0 Å². The first-order valence-electron chi connectivity index (χ1n) is 8.46. The summed E-state index contributed by atoms with van der Waals surface area (Å²) >= 11 is 0. The zero-order chi connectivity index (χ0) is 17.4. The number of nitrogens with zero attached hydrogens (tertiary/aromatic N) is 1. The number of likely N-dealkylation sites (tertiary alicyclic amines) is 1. The zero-order valence-electron chi connectivity index (χ0n) is 14.1. The molecule has 0 saturated carbocycles. The van der Waals surface area contributed by atoms with Gasteiger partial charge in [0, 0.05) is 19.1 Å². The second-order valence-electron chi connectivity index (χ2n) is 5.99. The fourth-order valence-corrected chi connectivity index (χ4v) is 4.20. The summed E-state index contributed by atoms with van der Waals surface area (Å²) in [5.41, 5.74) is 1.15. The molecule has 1 aliphatic heterocycles. The second-order valence-corrected chi connectivity index (χ2v) is 7.86. The van der Waals surface area contributed by atoms with Crippen molar-refractivity contribution in [3.05, 3.63) is 35.9 Å². The molecule has 2 rings (SSSR count). The summed E-state index contributed by atoms with van der Waals surface area (Å²) in [6, 6.07) is 9.77. The summed E-state index contributed by atoms with van der Waals surface area (Å²) < 4.78 is 32.1. The lowest BCUT2D eigenvalue weighted by molar-refractivity contribution is 0.0966. The van der Waals surface area contributed by atoms with E-state index in [4.69, 9.17) is 4.74 Å². The first kappa shape index (κ1) is 18.7. The predicted molar refractivity (Wildman–Crippen MR) is 93.3 cm³/mol. The van der Waals surface area contributed by atoms with Gasteiger partial charge >= 0.3 is 6.09 Å². The van der Waals surface area contributed by atoms with Crippen LogP contribution in [0.3, 0.4) is 0 Å². The third kappa shape index (κ3) is 6.13. The summed E-state index contributed by atoms with van der Waals surface area (Å²) in [7, 11) is -3.28. The first-order valence-corrected chi connectivity index (χ1v) is 10.1. The number of piperidine rings is 1. The lowest BCUT2D eigenvalue weighted by Gasteiger charge is -2.31. The maximum absolute atomic E-state index is 12.2. The number of ether oxygens (including phenoxy) is 1. The molecule has 1 heterocycles. The topological polar surface area (TPSA) is 75.7 Å². The van der Waals surface area contributed by atoms with Crippen LogP contribution in [0.15, 0.2) is 30.3 Å². The SMILES string of the molecule is CCOC(=O)N1CCC(NS(=O)(=O)CCCc2ccccc2)CC1. The number of nitrogens with one attached hydrogen (secondary N) is 1. The number of sulfonamides is 1. The Kier molecular flexibility index (Phi) is 7.05. The van der Waals surface area contributed by atoms with E-state index in [9.17, 15) is 13.2 Å². The van der Waals surface area contributed by atoms with Crippen LogP contribution in [0.4, 0.5) is 4.79 Å². The molecule has 1 N–H and O–H groups in total. The van der Waals surface area contributed by atoms with Gasteiger partial charge in [0.05, 0.1) is 12.4 Å². The molecule has 1 aromatic carbocycles. The van der Waals surface area contributed by atoms with Crippen molar-refractivity contribution in [1.82, 2.24) is 9.62 Å². The number of carbonyl (C=O) groups is 1. The van der Waals surface area contributed by atoms with Gasteiger partial charge in [-0.25, -0.2) is 17.9 Å². The zero-order valence-corrected chi connectivity index (χ0v) is 14.9. The number of carbonyl (C=O) groups excluding carboxylic acids is 1. The molecule has 1 fully saturated rings. The molecule has 0 aromatic heterocycles. The Hall–Kier alpha value is -1.60. The molecular weight excluding hydrogens is 328 g/mol. The Morgan fingerprint density at radius 2 is 1.92 bits per heavy atom. The van der Waals surface area contributed by atoms with Crippen molar-refractivity contribution in [1.29, 1.82) is 0 Å². The Morgan fingerprint density at radius 1 is 1.25 bits per heavy atom. The van der Waals surface area contributed by atoms with E-state index in [0.29, 0.717) is 39.0 Å². The Balaban J connectivity index is 1.71. The van der Waals surface area contributed by atoms with E-state index in [-0.39, 0.29) is 17.9 Å². The summed E-state index contributed by atoms with van der Waals surface area (Å²) in [6.45, 7) is 3.17. The van der Waals surface area contributed by atoms with Gasteiger partial charge in [-0.1, -0.05) is 30.3 Å². The minimum atomic E-state index is -3.28. The van der Waals surface area contributed by atoms with Crippen molar-refractivity contribution in [3.63, 3.8) is 0 Å². The van der Waals surface area contributed by atoms with Gasteiger partial charge in [-0.2, -0.15) is 0 Å². The highest BCUT2D eigenvalue weighted by Gasteiger charge is 2.26. The van der Waals surface area contributed by atoms with E-state index in [1.54, 1.807) is 11.8 Å². The van der Waals surface area contributed by atoms with Crippen molar-refractivity contribution in [2.75, 3.05) is 25.4 Å². The van der Waals surface area contributed by atoms with Crippen LogP contribution in [0.1, 0.15) is 31.7 Å². The average molecular weight is 354 g/mol. The van der Waals surface area contributed by atoms with Gasteiger partial charge in [-0.05, 0) is 38.2 Å². The van der Waals surface area contributed by atoms with Gasteiger partial charge in [0.15, 0.2) is 0 Å². The van der Waals surface area contributed by atoms with Gasteiger partial charge in [-0.3, -0.25) is 0 Å². The van der Waals surface area contributed by atoms with Crippen LogP contribution >= 0.6 is 0 Å². The number of rotatable bonds is 7. The lowest BCUT2D eigenvalue weighted by atomic mass is 10.1. The van der Waals surface area contributed by atoms with Crippen LogP contribution in [0.25, 0.3) is 0 Å². The summed E-state index contributed by atoms with van der Waals surface area (Å²) in [5, 5.41) is 0. The standard InChI is InChI=1S/C17H26N2O4S/c1-2-23-17(20)19-12-10-16(11-13-19)18-24(21,22)14-6-9-15-7-4-3-5-8-15/h3-5,7-8,16,18H,2,6,9-14H2,1H3. The van der Waals surface area contributed by atoms with Crippen LogP contribution in [0, 0.1) is 0 Å². The van der Waals surface area contributed by atoms with Crippen molar-refractivity contribution in [2.45, 2.75) is 38.6 Å². The Morgan fingerprint density at radius 3 is 2.54 bits per heavy atom. The van der Waals surface area contributed by atoms with Crippen molar-refractivity contribution in [3.8, 4) is 0 Å². The molecule has 0 bridgehead atoms. The molecule has 7 heteroatoms. The van der Waals surface area contributed by atoms with Gasteiger partial charge in [0.2, 0.25) is 10.0 Å². The van der Waals surface area contributed by atoms with E-state index in [0.717, 1.165) is 12.0 Å². The van der Waals surface area contributed by atoms with Crippen LogP contribution in [0.5, 0.6) is 0 Å². The highest BCUT2D eigenvalue weighted by Crippen LogP contribution is 2.13. The monoisotopic (exact) mass is 354 g/mol. The Labute approximate surface area is 144 Å². The fourth-order valence-electron chi connectivity index (χ4n) is 2.82. The molecule has 0 spiro atoms.